The third kappa shape index (κ3) is 4.38. The number of amides is 1. The Hall–Kier alpha value is -2.23. The monoisotopic (exact) mass is 301 g/mol. The maximum absolute atomic E-state index is 11.8. The number of ether oxygens (including phenoxy) is 1. The highest BCUT2D eigenvalue weighted by Crippen LogP contribution is 2.18. The molecular weight excluding hydrogens is 278 g/mol. The summed E-state index contributed by atoms with van der Waals surface area (Å²) in [7, 11) is 0. The number of aryl methyl sites for hydroxylation is 2. The molecule has 1 heterocycles. The van der Waals surface area contributed by atoms with Crippen LogP contribution in [0, 0.1) is 13.8 Å². The number of hydrogen-bond acceptors (Lipinski definition) is 3. The van der Waals surface area contributed by atoms with E-state index >= 15 is 0 Å². The van der Waals surface area contributed by atoms with Gasteiger partial charge in [-0.1, -0.05) is 26.0 Å². The van der Waals surface area contributed by atoms with Gasteiger partial charge in [-0.2, -0.15) is 0 Å². The van der Waals surface area contributed by atoms with Gasteiger partial charge < -0.3 is 14.5 Å². The molecule has 0 unspecified atom stereocenters. The predicted octanol–water partition coefficient (Wildman–Crippen LogP) is 3.72. The number of hydrogen-bond donors (Lipinski definition) is 1. The van der Waals surface area contributed by atoms with Crippen LogP contribution in [0.5, 0.6) is 5.75 Å². The highest BCUT2D eigenvalue weighted by molar-refractivity contribution is 5.77. The van der Waals surface area contributed by atoms with Crippen molar-refractivity contribution in [3.05, 3.63) is 53.0 Å². The lowest BCUT2D eigenvalue weighted by Gasteiger charge is -2.09. The van der Waals surface area contributed by atoms with Crippen molar-refractivity contribution >= 4 is 5.91 Å². The summed E-state index contributed by atoms with van der Waals surface area (Å²) in [5, 5.41) is 2.83. The van der Waals surface area contributed by atoms with E-state index in [1.165, 1.54) is 5.56 Å². The number of benzene rings is 1. The van der Waals surface area contributed by atoms with Crippen LogP contribution < -0.4 is 10.1 Å². The zero-order chi connectivity index (χ0) is 16.1. The number of furan rings is 1. The van der Waals surface area contributed by atoms with E-state index < -0.39 is 0 Å². The molecule has 2 aromatic rings. The van der Waals surface area contributed by atoms with Gasteiger partial charge in [0.25, 0.3) is 5.91 Å². The standard InChI is InChI=1S/C18H23NO3/c1-12(2)15-5-7-17(8-6-15)21-11-18(20)19-10-16-9-13(3)22-14(16)4/h5-9,12H,10-11H2,1-4H3,(H,19,20). The second kappa shape index (κ2) is 7.16. The summed E-state index contributed by atoms with van der Waals surface area (Å²) in [6.45, 7) is 8.53. The van der Waals surface area contributed by atoms with Crippen molar-refractivity contribution in [1.29, 1.82) is 0 Å². The summed E-state index contributed by atoms with van der Waals surface area (Å²) in [6, 6.07) is 9.77. The van der Waals surface area contributed by atoms with E-state index in [0.717, 1.165) is 17.1 Å². The van der Waals surface area contributed by atoms with Gasteiger partial charge in [-0.25, -0.2) is 0 Å². The first-order valence-electron chi connectivity index (χ1n) is 7.51. The number of rotatable bonds is 6. The molecule has 118 valence electrons. The molecule has 1 amide bonds. The zero-order valence-corrected chi connectivity index (χ0v) is 13.6. The molecule has 0 saturated carbocycles. The lowest BCUT2D eigenvalue weighted by atomic mass is 10.0. The van der Waals surface area contributed by atoms with Crippen molar-refractivity contribution in [2.75, 3.05) is 6.61 Å². The van der Waals surface area contributed by atoms with Crippen LogP contribution in [0.4, 0.5) is 0 Å². The van der Waals surface area contributed by atoms with Gasteiger partial charge in [-0.05, 0) is 43.5 Å². The summed E-state index contributed by atoms with van der Waals surface area (Å²) in [5.74, 6) is 2.73. The zero-order valence-electron chi connectivity index (χ0n) is 13.6. The summed E-state index contributed by atoms with van der Waals surface area (Å²) in [4.78, 5) is 11.8. The second-order valence-electron chi connectivity index (χ2n) is 5.73. The minimum atomic E-state index is -0.147. The smallest absolute Gasteiger partial charge is 0.258 e. The van der Waals surface area contributed by atoms with E-state index in [2.05, 4.69) is 19.2 Å². The Kier molecular flexibility index (Phi) is 5.26. The van der Waals surface area contributed by atoms with E-state index in [4.69, 9.17) is 9.15 Å². The molecule has 0 atom stereocenters. The molecule has 0 spiro atoms. The van der Waals surface area contributed by atoms with E-state index in [9.17, 15) is 4.79 Å². The van der Waals surface area contributed by atoms with Crippen LogP contribution in [0.3, 0.4) is 0 Å². The van der Waals surface area contributed by atoms with Crippen LogP contribution in [0.2, 0.25) is 0 Å². The fourth-order valence-electron chi connectivity index (χ4n) is 2.20. The first-order valence-corrected chi connectivity index (χ1v) is 7.51. The molecule has 1 aromatic heterocycles. The third-order valence-electron chi connectivity index (χ3n) is 3.54. The normalized spacial score (nSPS) is 10.8. The molecule has 2 rings (SSSR count). The first kappa shape index (κ1) is 16.1. The highest BCUT2D eigenvalue weighted by Gasteiger charge is 2.08. The summed E-state index contributed by atoms with van der Waals surface area (Å²) in [5.41, 5.74) is 2.25. The Labute approximate surface area is 131 Å². The van der Waals surface area contributed by atoms with Crippen LogP contribution in [-0.2, 0) is 11.3 Å². The topological polar surface area (TPSA) is 51.5 Å². The third-order valence-corrected chi connectivity index (χ3v) is 3.54. The van der Waals surface area contributed by atoms with Gasteiger partial charge in [0.05, 0.1) is 0 Å². The molecule has 4 nitrogen and oxygen atoms in total. The molecule has 1 aromatic carbocycles. The first-order chi connectivity index (χ1) is 10.5. The largest absolute Gasteiger partial charge is 0.484 e. The lowest BCUT2D eigenvalue weighted by Crippen LogP contribution is -2.28. The van der Waals surface area contributed by atoms with E-state index in [0.29, 0.717) is 18.2 Å². The second-order valence-corrected chi connectivity index (χ2v) is 5.73. The fourth-order valence-corrected chi connectivity index (χ4v) is 2.20. The van der Waals surface area contributed by atoms with Crippen molar-refractivity contribution in [2.45, 2.75) is 40.2 Å². The molecule has 0 radical (unpaired) electrons. The Morgan fingerprint density at radius 1 is 1.23 bits per heavy atom. The van der Waals surface area contributed by atoms with Gasteiger partial charge in [0.2, 0.25) is 0 Å². The van der Waals surface area contributed by atoms with Crippen molar-refractivity contribution < 1.29 is 13.9 Å². The Balaban J connectivity index is 1.79. The van der Waals surface area contributed by atoms with E-state index in [1.807, 2.05) is 44.2 Å². The van der Waals surface area contributed by atoms with Crippen LogP contribution in [0.25, 0.3) is 0 Å². The number of carbonyl (C=O) groups is 1. The van der Waals surface area contributed by atoms with Crippen LogP contribution in [-0.4, -0.2) is 12.5 Å². The molecular formula is C18H23NO3. The SMILES string of the molecule is Cc1cc(CNC(=O)COc2ccc(C(C)C)cc2)c(C)o1. The molecule has 0 bridgehead atoms. The van der Waals surface area contributed by atoms with Crippen LogP contribution in [0.1, 0.15) is 42.4 Å². The van der Waals surface area contributed by atoms with Crippen molar-refractivity contribution in [3.8, 4) is 5.75 Å². The Morgan fingerprint density at radius 2 is 1.91 bits per heavy atom. The maximum atomic E-state index is 11.8. The maximum Gasteiger partial charge on any atom is 0.258 e. The Bertz CT molecular complexity index is 626. The van der Waals surface area contributed by atoms with Gasteiger partial charge >= 0.3 is 0 Å². The minimum absolute atomic E-state index is 0.0108. The van der Waals surface area contributed by atoms with Gasteiger partial charge in [-0.15, -0.1) is 0 Å². The van der Waals surface area contributed by atoms with E-state index in [1.54, 1.807) is 0 Å². The molecule has 0 fully saturated rings. The molecule has 22 heavy (non-hydrogen) atoms. The molecule has 0 aliphatic heterocycles. The summed E-state index contributed by atoms with van der Waals surface area (Å²) in [6.07, 6.45) is 0. The van der Waals surface area contributed by atoms with Gasteiger partial charge in [-0.3, -0.25) is 4.79 Å². The van der Waals surface area contributed by atoms with Crippen LogP contribution >= 0.6 is 0 Å². The van der Waals surface area contributed by atoms with Crippen molar-refractivity contribution in [1.82, 2.24) is 5.32 Å². The summed E-state index contributed by atoms with van der Waals surface area (Å²) >= 11 is 0. The summed E-state index contributed by atoms with van der Waals surface area (Å²) < 4.78 is 10.9. The Morgan fingerprint density at radius 3 is 2.45 bits per heavy atom. The molecule has 0 saturated heterocycles. The van der Waals surface area contributed by atoms with Crippen LogP contribution in [0.15, 0.2) is 34.7 Å². The number of carbonyl (C=O) groups excluding carboxylic acids is 1. The molecule has 1 N–H and O–H groups in total. The van der Waals surface area contributed by atoms with Gasteiger partial charge in [0.1, 0.15) is 17.3 Å². The fraction of sp³-hybridized carbons (Fsp3) is 0.389. The average molecular weight is 301 g/mol. The highest BCUT2D eigenvalue weighted by atomic mass is 16.5. The molecule has 0 aliphatic rings. The lowest BCUT2D eigenvalue weighted by molar-refractivity contribution is -0.123. The van der Waals surface area contributed by atoms with Gasteiger partial charge in [0, 0.05) is 12.1 Å². The average Bonchev–Trinajstić information content (AvgIpc) is 2.81. The quantitative estimate of drug-likeness (QED) is 0.884. The molecule has 4 heteroatoms. The molecule has 0 aliphatic carbocycles. The minimum Gasteiger partial charge on any atom is -0.484 e. The van der Waals surface area contributed by atoms with E-state index in [-0.39, 0.29) is 12.5 Å². The number of nitrogens with one attached hydrogen (secondary N) is 1. The van der Waals surface area contributed by atoms with Gasteiger partial charge in [0.15, 0.2) is 6.61 Å². The van der Waals surface area contributed by atoms with Crippen molar-refractivity contribution in [3.63, 3.8) is 0 Å². The van der Waals surface area contributed by atoms with Crippen molar-refractivity contribution in [2.24, 2.45) is 0 Å². The predicted molar refractivity (Wildman–Crippen MR) is 86.1 cm³/mol.